The Kier molecular flexibility index (Phi) is 6.33. The molecular formula is C21H31NO4. The third-order valence-electron chi connectivity index (χ3n) is 6.01. The van der Waals surface area contributed by atoms with E-state index in [-0.39, 0.29) is 30.2 Å². The van der Waals surface area contributed by atoms with Crippen LogP contribution in [-0.2, 0) is 15.9 Å². The minimum absolute atomic E-state index is 0.0635. The van der Waals surface area contributed by atoms with Gasteiger partial charge in [0.05, 0.1) is 23.9 Å². The molecule has 6 unspecified atom stereocenters. The van der Waals surface area contributed by atoms with Crippen LogP contribution in [0.15, 0.2) is 24.3 Å². The Bertz CT molecular complexity index is 620. The lowest BCUT2D eigenvalue weighted by atomic mass is 9.86. The van der Waals surface area contributed by atoms with Crippen molar-refractivity contribution in [1.29, 1.82) is 0 Å². The molecule has 26 heavy (non-hydrogen) atoms. The zero-order valence-corrected chi connectivity index (χ0v) is 16.0. The molecule has 2 N–H and O–H groups in total. The zero-order valence-electron chi connectivity index (χ0n) is 16.0. The van der Waals surface area contributed by atoms with Crippen LogP contribution in [0.1, 0.15) is 55.5 Å². The minimum atomic E-state index is -0.549. The van der Waals surface area contributed by atoms with Gasteiger partial charge in [-0.15, -0.1) is 0 Å². The minimum Gasteiger partial charge on any atom is -0.458 e. The Morgan fingerprint density at radius 2 is 2.00 bits per heavy atom. The van der Waals surface area contributed by atoms with Gasteiger partial charge in [0.25, 0.3) is 0 Å². The van der Waals surface area contributed by atoms with Crippen molar-refractivity contribution in [1.82, 2.24) is 5.32 Å². The predicted octanol–water partition coefficient (Wildman–Crippen LogP) is 2.70. The maximum atomic E-state index is 12.2. The van der Waals surface area contributed by atoms with E-state index in [0.29, 0.717) is 24.4 Å². The van der Waals surface area contributed by atoms with Crippen molar-refractivity contribution in [2.75, 3.05) is 7.05 Å². The second-order valence-electron chi connectivity index (χ2n) is 7.77. The number of fused-ring (bicyclic) bond motifs is 1. The molecule has 0 spiro atoms. The van der Waals surface area contributed by atoms with Gasteiger partial charge in [-0.2, -0.15) is 0 Å². The zero-order chi connectivity index (χ0) is 18.7. The standard InChI is InChI=1S/C21H31NO4/c1-13(20-11-15-7-4-5-9-17(15)21(24)26-20)18(23)12-16-8-6-10-19(25-16)14(2)22-3/h4-5,7,9,13-14,16,18-20,22-23H,6,8,10-12H2,1-3H3. The molecule has 1 aromatic carbocycles. The molecule has 1 aromatic rings. The van der Waals surface area contributed by atoms with Crippen LogP contribution in [0.3, 0.4) is 0 Å². The van der Waals surface area contributed by atoms with E-state index < -0.39 is 6.10 Å². The van der Waals surface area contributed by atoms with Crippen LogP contribution in [0, 0.1) is 5.92 Å². The quantitative estimate of drug-likeness (QED) is 0.763. The average Bonchev–Trinajstić information content (AvgIpc) is 2.66. The van der Waals surface area contributed by atoms with Crippen molar-refractivity contribution < 1.29 is 19.4 Å². The highest BCUT2D eigenvalue weighted by Crippen LogP contribution is 2.30. The highest BCUT2D eigenvalue weighted by Gasteiger charge is 2.35. The van der Waals surface area contributed by atoms with Crippen LogP contribution in [0.4, 0.5) is 0 Å². The molecule has 5 heteroatoms. The molecule has 5 nitrogen and oxygen atoms in total. The molecule has 1 fully saturated rings. The third-order valence-corrected chi connectivity index (χ3v) is 6.01. The number of hydrogen-bond donors (Lipinski definition) is 2. The molecule has 2 aliphatic rings. The van der Waals surface area contributed by atoms with Gasteiger partial charge >= 0.3 is 5.97 Å². The maximum absolute atomic E-state index is 12.2. The summed E-state index contributed by atoms with van der Waals surface area (Å²) in [6.45, 7) is 4.10. The summed E-state index contributed by atoms with van der Waals surface area (Å²) < 4.78 is 11.8. The first-order valence-electron chi connectivity index (χ1n) is 9.79. The number of carbonyl (C=O) groups is 1. The number of aliphatic hydroxyl groups excluding tert-OH is 1. The lowest BCUT2D eigenvalue weighted by molar-refractivity contribution is -0.0924. The lowest BCUT2D eigenvalue weighted by Gasteiger charge is -2.37. The van der Waals surface area contributed by atoms with E-state index in [0.717, 1.165) is 24.8 Å². The summed E-state index contributed by atoms with van der Waals surface area (Å²) in [7, 11) is 1.95. The first kappa shape index (κ1) is 19.3. The second kappa shape index (κ2) is 8.51. The molecule has 144 valence electrons. The van der Waals surface area contributed by atoms with Crippen molar-refractivity contribution in [2.24, 2.45) is 5.92 Å². The number of hydrogen-bond acceptors (Lipinski definition) is 5. The monoisotopic (exact) mass is 361 g/mol. The number of rotatable bonds is 6. The molecule has 0 amide bonds. The predicted molar refractivity (Wildman–Crippen MR) is 100 cm³/mol. The van der Waals surface area contributed by atoms with Crippen LogP contribution in [-0.4, -0.2) is 48.6 Å². The molecule has 3 rings (SSSR count). The fraction of sp³-hybridized carbons (Fsp3) is 0.667. The van der Waals surface area contributed by atoms with E-state index >= 15 is 0 Å². The SMILES string of the molecule is CNC(C)C1CCCC(CC(O)C(C)C2Cc3ccccc3C(=O)O2)O1. The number of esters is 1. The number of carbonyl (C=O) groups excluding carboxylic acids is 1. The molecular weight excluding hydrogens is 330 g/mol. The first-order chi connectivity index (χ1) is 12.5. The average molecular weight is 361 g/mol. The van der Waals surface area contributed by atoms with Gasteiger partial charge in [-0.05, 0) is 51.3 Å². The summed E-state index contributed by atoms with van der Waals surface area (Å²) in [6.07, 6.45) is 3.82. The van der Waals surface area contributed by atoms with Crippen molar-refractivity contribution >= 4 is 5.97 Å². The Labute approximate surface area is 156 Å². The number of aliphatic hydroxyl groups is 1. The maximum Gasteiger partial charge on any atom is 0.338 e. The Hall–Kier alpha value is -1.43. The van der Waals surface area contributed by atoms with E-state index in [2.05, 4.69) is 12.2 Å². The fourth-order valence-corrected chi connectivity index (χ4v) is 4.04. The fourth-order valence-electron chi connectivity index (χ4n) is 4.04. The van der Waals surface area contributed by atoms with Gasteiger partial charge in [0, 0.05) is 18.4 Å². The van der Waals surface area contributed by atoms with Gasteiger partial charge in [0.15, 0.2) is 0 Å². The smallest absolute Gasteiger partial charge is 0.338 e. The lowest BCUT2D eigenvalue weighted by Crippen LogP contribution is -2.44. The van der Waals surface area contributed by atoms with Gasteiger partial charge in [0.2, 0.25) is 0 Å². The summed E-state index contributed by atoms with van der Waals surface area (Å²) in [6, 6.07) is 7.86. The van der Waals surface area contributed by atoms with E-state index in [1.807, 2.05) is 32.2 Å². The number of likely N-dealkylation sites (N-methyl/N-ethyl adjacent to an activating group) is 1. The van der Waals surface area contributed by atoms with E-state index in [9.17, 15) is 9.90 Å². The Balaban J connectivity index is 1.58. The van der Waals surface area contributed by atoms with Gasteiger partial charge in [0.1, 0.15) is 6.10 Å². The highest BCUT2D eigenvalue weighted by atomic mass is 16.5. The highest BCUT2D eigenvalue weighted by molar-refractivity contribution is 5.92. The summed E-state index contributed by atoms with van der Waals surface area (Å²) >= 11 is 0. The Morgan fingerprint density at radius 1 is 1.23 bits per heavy atom. The van der Waals surface area contributed by atoms with Crippen LogP contribution >= 0.6 is 0 Å². The molecule has 0 aliphatic carbocycles. The first-order valence-corrected chi connectivity index (χ1v) is 9.79. The second-order valence-corrected chi connectivity index (χ2v) is 7.77. The molecule has 0 bridgehead atoms. The summed E-state index contributed by atoms with van der Waals surface area (Å²) in [5.74, 6) is -0.411. The number of benzene rings is 1. The molecule has 2 aliphatic heterocycles. The van der Waals surface area contributed by atoms with Gasteiger partial charge in [-0.1, -0.05) is 25.1 Å². The summed E-state index contributed by atoms with van der Waals surface area (Å²) in [5, 5.41) is 14.0. The molecule has 6 atom stereocenters. The number of ether oxygens (including phenoxy) is 2. The van der Waals surface area contributed by atoms with Crippen molar-refractivity contribution in [3.63, 3.8) is 0 Å². The van der Waals surface area contributed by atoms with Gasteiger partial charge in [-0.3, -0.25) is 0 Å². The number of cyclic esters (lactones) is 1. The summed E-state index contributed by atoms with van der Waals surface area (Å²) in [5.41, 5.74) is 1.65. The van der Waals surface area contributed by atoms with Crippen molar-refractivity contribution in [2.45, 2.75) is 76.4 Å². The van der Waals surface area contributed by atoms with Crippen molar-refractivity contribution in [3.05, 3.63) is 35.4 Å². The molecule has 0 radical (unpaired) electrons. The molecule has 2 heterocycles. The van der Waals surface area contributed by atoms with E-state index in [1.54, 1.807) is 6.07 Å². The van der Waals surface area contributed by atoms with E-state index in [4.69, 9.17) is 9.47 Å². The largest absolute Gasteiger partial charge is 0.458 e. The van der Waals surface area contributed by atoms with E-state index in [1.165, 1.54) is 0 Å². The van der Waals surface area contributed by atoms with Crippen molar-refractivity contribution in [3.8, 4) is 0 Å². The van der Waals surface area contributed by atoms with Crippen LogP contribution in [0.5, 0.6) is 0 Å². The normalized spacial score (nSPS) is 29.4. The molecule has 0 saturated carbocycles. The third kappa shape index (κ3) is 4.27. The topological polar surface area (TPSA) is 67.8 Å². The summed E-state index contributed by atoms with van der Waals surface area (Å²) in [4.78, 5) is 12.2. The van der Waals surface area contributed by atoms with Crippen LogP contribution in [0.25, 0.3) is 0 Å². The Morgan fingerprint density at radius 3 is 2.77 bits per heavy atom. The van der Waals surface area contributed by atoms with Crippen LogP contribution in [0.2, 0.25) is 0 Å². The number of nitrogens with one attached hydrogen (secondary N) is 1. The van der Waals surface area contributed by atoms with Gasteiger partial charge in [-0.25, -0.2) is 4.79 Å². The molecule has 0 aromatic heterocycles. The van der Waals surface area contributed by atoms with Crippen LogP contribution < -0.4 is 5.32 Å². The van der Waals surface area contributed by atoms with Gasteiger partial charge < -0.3 is 19.9 Å². The molecule has 1 saturated heterocycles.